The van der Waals surface area contributed by atoms with Crippen LogP contribution in [0, 0.1) is 12.8 Å². The van der Waals surface area contributed by atoms with Crippen molar-refractivity contribution in [3.8, 4) is 0 Å². The molecule has 1 aliphatic rings. The van der Waals surface area contributed by atoms with Gasteiger partial charge in [0.25, 0.3) is 0 Å². The molecule has 1 unspecified atom stereocenters. The van der Waals surface area contributed by atoms with E-state index in [1.54, 1.807) is 0 Å². The molecule has 1 aliphatic heterocycles. The second-order valence-electron chi connectivity index (χ2n) is 6.94. The molecule has 3 heteroatoms. The molecule has 118 valence electrons. The lowest BCUT2D eigenvalue weighted by molar-refractivity contribution is 0.275. The Morgan fingerprint density at radius 3 is 2.67 bits per heavy atom. The van der Waals surface area contributed by atoms with Gasteiger partial charge in [0.1, 0.15) is 0 Å². The quantitative estimate of drug-likeness (QED) is 0.899. The largest absolute Gasteiger partial charge is 0.366 e. The molecule has 1 aromatic carbocycles. The van der Waals surface area contributed by atoms with Gasteiger partial charge in [-0.25, -0.2) is 0 Å². The zero-order chi connectivity index (χ0) is 15.4. The number of nitrogens with zero attached hydrogens (tertiary/aromatic N) is 2. The highest BCUT2D eigenvalue weighted by atomic mass is 15.3. The number of hydrogen-bond donors (Lipinski definition) is 1. The van der Waals surface area contributed by atoms with Gasteiger partial charge >= 0.3 is 0 Å². The average Bonchev–Trinajstić information content (AvgIpc) is 2.40. The molecule has 1 N–H and O–H groups in total. The number of nitrogens with one attached hydrogen (secondary N) is 1. The second-order valence-corrected chi connectivity index (χ2v) is 6.94. The molecule has 0 aliphatic carbocycles. The first-order valence-electron chi connectivity index (χ1n) is 8.22. The summed E-state index contributed by atoms with van der Waals surface area (Å²) < 4.78 is 0. The Bertz CT molecular complexity index is 456. The van der Waals surface area contributed by atoms with E-state index >= 15 is 0 Å². The lowest BCUT2D eigenvalue weighted by atomic mass is 10.1. The maximum atomic E-state index is 3.54. The molecular formula is C18H31N3. The van der Waals surface area contributed by atoms with Gasteiger partial charge in [-0.15, -0.1) is 0 Å². The zero-order valence-electron chi connectivity index (χ0n) is 14.3. The van der Waals surface area contributed by atoms with Gasteiger partial charge in [0.2, 0.25) is 0 Å². The standard InChI is InChI=1S/C18H31N3/c1-14(2)11-19-12-17-6-7-18(10-15(17)3)21-9-8-20(5)13-16(21)4/h6-7,10,14,16,19H,8-9,11-13H2,1-5H3. The Labute approximate surface area is 130 Å². The van der Waals surface area contributed by atoms with Crippen molar-refractivity contribution in [2.75, 3.05) is 38.1 Å². The molecule has 1 aromatic rings. The number of rotatable bonds is 5. The minimum Gasteiger partial charge on any atom is -0.366 e. The number of piperazine rings is 1. The van der Waals surface area contributed by atoms with E-state index in [2.05, 4.69) is 68.1 Å². The molecule has 0 bridgehead atoms. The van der Waals surface area contributed by atoms with E-state index in [0.29, 0.717) is 12.0 Å². The topological polar surface area (TPSA) is 18.5 Å². The summed E-state index contributed by atoms with van der Waals surface area (Å²) in [4.78, 5) is 4.95. The van der Waals surface area contributed by atoms with Crippen molar-refractivity contribution in [3.05, 3.63) is 29.3 Å². The smallest absolute Gasteiger partial charge is 0.0389 e. The monoisotopic (exact) mass is 289 g/mol. The fourth-order valence-electron chi connectivity index (χ4n) is 3.08. The van der Waals surface area contributed by atoms with Crippen molar-refractivity contribution in [1.82, 2.24) is 10.2 Å². The third-order valence-electron chi connectivity index (χ3n) is 4.36. The summed E-state index contributed by atoms with van der Waals surface area (Å²) in [6, 6.07) is 7.53. The van der Waals surface area contributed by atoms with Gasteiger partial charge < -0.3 is 15.1 Å². The van der Waals surface area contributed by atoms with Crippen LogP contribution in [-0.4, -0.2) is 44.2 Å². The van der Waals surface area contributed by atoms with Crippen LogP contribution in [0.2, 0.25) is 0 Å². The van der Waals surface area contributed by atoms with Crippen LogP contribution in [0.1, 0.15) is 31.9 Å². The Balaban J connectivity index is 2.01. The number of likely N-dealkylation sites (N-methyl/N-ethyl adjacent to an activating group) is 1. The van der Waals surface area contributed by atoms with Gasteiger partial charge in [0, 0.05) is 37.9 Å². The average molecular weight is 289 g/mol. The highest BCUT2D eigenvalue weighted by molar-refractivity contribution is 5.52. The molecule has 1 atom stereocenters. The molecule has 1 saturated heterocycles. The molecule has 1 fully saturated rings. The van der Waals surface area contributed by atoms with Crippen LogP contribution >= 0.6 is 0 Å². The first-order chi connectivity index (χ1) is 9.97. The van der Waals surface area contributed by atoms with Crippen molar-refractivity contribution >= 4 is 5.69 Å². The van der Waals surface area contributed by atoms with Crippen LogP contribution in [0.5, 0.6) is 0 Å². The molecule has 0 spiro atoms. The third kappa shape index (κ3) is 4.45. The predicted molar refractivity (Wildman–Crippen MR) is 92.0 cm³/mol. The van der Waals surface area contributed by atoms with Crippen LogP contribution in [0.25, 0.3) is 0 Å². The molecule has 2 rings (SSSR count). The molecule has 0 saturated carbocycles. The van der Waals surface area contributed by atoms with Gasteiger partial charge in [-0.2, -0.15) is 0 Å². The molecular weight excluding hydrogens is 258 g/mol. The Morgan fingerprint density at radius 1 is 1.29 bits per heavy atom. The van der Waals surface area contributed by atoms with Crippen molar-refractivity contribution in [2.24, 2.45) is 5.92 Å². The Morgan fingerprint density at radius 2 is 2.05 bits per heavy atom. The summed E-state index contributed by atoms with van der Waals surface area (Å²) in [6.07, 6.45) is 0. The minimum atomic E-state index is 0.591. The summed E-state index contributed by atoms with van der Waals surface area (Å²) in [5.41, 5.74) is 4.19. The summed E-state index contributed by atoms with van der Waals surface area (Å²) >= 11 is 0. The normalized spacial score (nSPS) is 20.3. The highest BCUT2D eigenvalue weighted by Crippen LogP contribution is 2.23. The fourth-order valence-corrected chi connectivity index (χ4v) is 3.08. The number of anilines is 1. The lowest BCUT2D eigenvalue weighted by Crippen LogP contribution is -2.50. The Hall–Kier alpha value is -1.06. The van der Waals surface area contributed by atoms with Crippen LogP contribution in [0.15, 0.2) is 18.2 Å². The van der Waals surface area contributed by atoms with E-state index < -0.39 is 0 Å². The van der Waals surface area contributed by atoms with E-state index in [-0.39, 0.29) is 0 Å². The molecule has 0 amide bonds. The van der Waals surface area contributed by atoms with E-state index in [1.807, 2.05) is 0 Å². The summed E-state index contributed by atoms with van der Waals surface area (Å²) in [5.74, 6) is 0.704. The van der Waals surface area contributed by atoms with E-state index in [0.717, 1.165) is 32.7 Å². The lowest BCUT2D eigenvalue weighted by Gasteiger charge is -2.40. The van der Waals surface area contributed by atoms with Gasteiger partial charge in [-0.05, 0) is 56.6 Å². The van der Waals surface area contributed by atoms with E-state index in [4.69, 9.17) is 0 Å². The number of hydrogen-bond acceptors (Lipinski definition) is 3. The summed E-state index contributed by atoms with van der Waals surface area (Å²) in [7, 11) is 2.21. The SMILES string of the molecule is Cc1cc(N2CCN(C)CC2C)ccc1CNCC(C)C. The first kappa shape index (κ1) is 16.3. The van der Waals surface area contributed by atoms with Gasteiger partial charge in [-0.3, -0.25) is 0 Å². The minimum absolute atomic E-state index is 0.591. The van der Waals surface area contributed by atoms with Gasteiger partial charge in [0.05, 0.1) is 0 Å². The van der Waals surface area contributed by atoms with E-state index in [9.17, 15) is 0 Å². The third-order valence-corrected chi connectivity index (χ3v) is 4.36. The summed E-state index contributed by atoms with van der Waals surface area (Å²) in [6.45, 7) is 14.5. The van der Waals surface area contributed by atoms with Crippen LogP contribution < -0.4 is 10.2 Å². The van der Waals surface area contributed by atoms with Crippen LogP contribution in [0.4, 0.5) is 5.69 Å². The van der Waals surface area contributed by atoms with Gasteiger partial charge in [-0.1, -0.05) is 19.9 Å². The van der Waals surface area contributed by atoms with E-state index in [1.165, 1.54) is 16.8 Å². The maximum absolute atomic E-state index is 3.54. The molecule has 1 heterocycles. The molecule has 0 aromatic heterocycles. The van der Waals surface area contributed by atoms with Gasteiger partial charge in [0.15, 0.2) is 0 Å². The van der Waals surface area contributed by atoms with Crippen LogP contribution in [-0.2, 0) is 6.54 Å². The molecule has 0 radical (unpaired) electrons. The predicted octanol–water partition coefficient (Wildman–Crippen LogP) is 2.88. The zero-order valence-corrected chi connectivity index (χ0v) is 14.3. The molecule has 3 nitrogen and oxygen atoms in total. The highest BCUT2D eigenvalue weighted by Gasteiger charge is 2.21. The number of benzene rings is 1. The van der Waals surface area contributed by atoms with Crippen molar-refractivity contribution in [1.29, 1.82) is 0 Å². The Kier molecular flexibility index (Phi) is 5.65. The second kappa shape index (κ2) is 7.28. The van der Waals surface area contributed by atoms with Crippen molar-refractivity contribution in [2.45, 2.75) is 40.3 Å². The maximum Gasteiger partial charge on any atom is 0.0389 e. The van der Waals surface area contributed by atoms with Crippen molar-refractivity contribution in [3.63, 3.8) is 0 Å². The van der Waals surface area contributed by atoms with Crippen LogP contribution in [0.3, 0.4) is 0 Å². The van der Waals surface area contributed by atoms with Crippen molar-refractivity contribution < 1.29 is 0 Å². The fraction of sp³-hybridized carbons (Fsp3) is 0.667. The number of aryl methyl sites for hydroxylation is 1. The summed E-state index contributed by atoms with van der Waals surface area (Å²) in [5, 5.41) is 3.54. The molecule has 21 heavy (non-hydrogen) atoms. The first-order valence-corrected chi connectivity index (χ1v) is 8.22.